The third-order valence-corrected chi connectivity index (χ3v) is 8.19. The van der Waals surface area contributed by atoms with Gasteiger partial charge in [-0.3, -0.25) is 4.79 Å². The zero-order valence-electron chi connectivity index (χ0n) is 18.2. The van der Waals surface area contributed by atoms with Gasteiger partial charge >= 0.3 is 5.97 Å². The summed E-state index contributed by atoms with van der Waals surface area (Å²) in [4.78, 5) is 10.6. The summed E-state index contributed by atoms with van der Waals surface area (Å²) in [6, 6.07) is 0. The second kappa shape index (κ2) is 19.7. The predicted octanol–water partition coefficient (Wildman–Crippen LogP) is 8.07. The number of carboxylic acids is 1. The average Bonchev–Trinajstić information content (AvgIpc) is 3.16. The minimum atomic E-state index is -0.812. The summed E-state index contributed by atoms with van der Waals surface area (Å²) in [5.41, 5.74) is 0. The molecular weight excluding hydrogens is 420 g/mol. The smallest absolute Gasteiger partial charge is 0.313 e. The normalized spacial score (nSPS) is 11.2. The number of carboxylic acid groups (broad SMARTS) is 1. The minimum Gasteiger partial charge on any atom is -0.481 e. The molecule has 0 fully saturated rings. The summed E-state index contributed by atoms with van der Waals surface area (Å²) in [6.07, 6.45) is 22.3. The van der Waals surface area contributed by atoms with Crippen LogP contribution in [0.4, 0.5) is 0 Å². The molecule has 0 aromatic carbocycles. The zero-order valence-corrected chi connectivity index (χ0v) is 20.7. The van der Waals surface area contributed by atoms with E-state index in [-0.39, 0.29) is 5.75 Å². The fourth-order valence-corrected chi connectivity index (χ4v) is 6.06. The molecule has 1 heterocycles. The SMILES string of the molecule is CCCCCCCCCCCCCCCCCCSc1nnc(SCC(=O)O)s1. The van der Waals surface area contributed by atoms with E-state index in [9.17, 15) is 4.79 Å². The van der Waals surface area contributed by atoms with Gasteiger partial charge in [0.25, 0.3) is 0 Å². The molecule has 1 N–H and O–H groups in total. The predicted molar refractivity (Wildman–Crippen MR) is 129 cm³/mol. The van der Waals surface area contributed by atoms with E-state index in [1.54, 1.807) is 11.8 Å². The van der Waals surface area contributed by atoms with Crippen LogP contribution in [-0.2, 0) is 4.79 Å². The molecule has 29 heavy (non-hydrogen) atoms. The Morgan fingerprint density at radius 2 is 1.14 bits per heavy atom. The van der Waals surface area contributed by atoms with E-state index in [0.29, 0.717) is 0 Å². The summed E-state index contributed by atoms with van der Waals surface area (Å²) in [7, 11) is 0. The Labute approximate surface area is 190 Å². The molecule has 168 valence electrons. The lowest BCUT2D eigenvalue weighted by molar-refractivity contribution is -0.133. The molecule has 0 saturated carbocycles. The van der Waals surface area contributed by atoms with E-state index < -0.39 is 5.97 Å². The van der Waals surface area contributed by atoms with E-state index in [2.05, 4.69) is 17.1 Å². The van der Waals surface area contributed by atoms with Gasteiger partial charge in [-0.25, -0.2) is 0 Å². The fourth-order valence-electron chi connectivity index (χ4n) is 3.25. The van der Waals surface area contributed by atoms with Gasteiger partial charge in [0.1, 0.15) is 0 Å². The highest BCUT2D eigenvalue weighted by molar-refractivity contribution is 8.03. The Kier molecular flexibility index (Phi) is 18.2. The molecule has 7 heteroatoms. The van der Waals surface area contributed by atoms with Crippen molar-refractivity contribution in [1.29, 1.82) is 0 Å². The molecule has 0 saturated heterocycles. The van der Waals surface area contributed by atoms with Crippen molar-refractivity contribution in [2.75, 3.05) is 11.5 Å². The summed E-state index contributed by atoms with van der Waals surface area (Å²) < 4.78 is 1.71. The van der Waals surface area contributed by atoms with Crippen LogP contribution in [-0.4, -0.2) is 32.8 Å². The van der Waals surface area contributed by atoms with Crippen LogP contribution in [0, 0.1) is 0 Å². The monoisotopic (exact) mass is 460 g/mol. The number of carbonyl (C=O) groups is 1. The maximum Gasteiger partial charge on any atom is 0.313 e. The van der Waals surface area contributed by atoms with Gasteiger partial charge in [-0.1, -0.05) is 138 Å². The van der Waals surface area contributed by atoms with Crippen molar-refractivity contribution in [3.63, 3.8) is 0 Å². The number of aromatic nitrogens is 2. The Bertz CT molecular complexity index is 512. The molecule has 0 aliphatic carbocycles. The van der Waals surface area contributed by atoms with Gasteiger partial charge in [0.05, 0.1) is 5.75 Å². The molecule has 0 spiro atoms. The molecule has 1 rings (SSSR count). The van der Waals surface area contributed by atoms with E-state index in [1.165, 1.54) is 126 Å². The fraction of sp³-hybridized carbons (Fsp3) is 0.864. The third-order valence-electron chi connectivity index (χ3n) is 4.93. The van der Waals surface area contributed by atoms with Gasteiger partial charge in [-0.15, -0.1) is 10.2 Å². The first-order chi connectivity index (χ1) is 14.2. The van der Waals surface area contributed by atoms with E-state index in [1.807, 2.05) is 0 Å². The van der Waals surface area contributed by atoms with Gasteiger partial charge < -0.3 is 5.11 Å². The number of hydrogen-bond acceptors (Lipinski definition) is 6. The topological polar surface area (TPSA) is 63.1 Å². The summed E-state index contributed by atoms with van der Waals surface area (Å²) in [5.74, 6) is 0.322. The lowest BCUT2D eigenvalue weighted by atomic mass is 10.0. The standard InChI is InChI=1S/C22H40N2O2S3/c1-2-3-4-5-6-7-8-9-10-11-12-13-14-15-16-17-18-27-21-23-24-22(29-21)28-19-20(25)26/h2-19H2,1H3,(H,25,26). The maximum absolute atomic E-state index is 10.6. The van der Waals surface area contributed by atoms with E-state index >= 15 is 0 Å². The molecule has 0 amide bonds. The van der Waals surface area contributed by atoms with Crippen LogP contribution in [0.5, 0.6) is 0 Å². The molecule has 0 bridgehead atoms. The van der Waals surface area contributed by atoms with Crippen LogP contribution >= 0.6 is 34.9 Å². The van der Waals surface area contributed by atoms with Gasteiger partial charge in [-0.2, -0.15) is 0 Å². The van der Waals surface area contributed by atoms with Crippen LogP contribution in [0.1, 0.15) is 110 Å². The molecule has 0 unspecified atom stereocenters. The highest BCUT2D eigenvalue weighted by Gasteiger charge is 2.07. The first-order valence-electron chi connectivity index (χ1n) is 11.5. The number of hydrogen-bond donors (Lipinski definition) is 1. The molecule has 0 atom stereocenters. The Hall–Kier alpha value is -0.270. The van der Waals surface area contributed by atoms with Crippen molar-refractivity contribution < 1.29 is 9.90 Å². The van der Waals surface area contributed by atoms with Crippen molar-refractivity contribution >= 4 is 40.8 Å². The summed E-state index contributed by atoms with van der Waals surface area (Å²) in [5, 5.41) is 16.8. The van der Waals surface area contributed by atoms with Gasteiger partial charge in [0, 0.05) is 5.75 Å². The molecule has 1 aromatic heterocycles. The molecule has 4 nitrogen and oxygen atoms in total. The molecule has 0 radical (unpaired) electrons. The Morgan fingerprint density at radius 3 is 1.59 bits per heavy atom. The van der Waals surface area contributed by atoms with E-state index in [4.69, 9.17) is 5.11 Å². The highest BCUT2D eigenvalue weighted by Crippen LogP contribution is 2.29. The Morgan fingerprint density at radius 1 is 0.724 bits per heavy atom. The van der Waals surface area contributed by atoms with Gasteiger partial charge in [0.2, 0.25) is 0 Å². The molecule has 0 aliphatic rings. The molecule has 1 aromatic rings. The lowest BCUT2D eigenvalue weighted by Gasteiger charge is -2.03. The first kappa shape index (κ1) is 26.8. The molecular formula is C22H40N2O2S3. The van der Waals surface area contributed by atoms with Crippen molar-refractivity contribution in [2.45, 2.75) is 118 Å². The maximum atomic E-state index is 10.6. The lowest BCUT2D eigenvalue weighted by Crippen LogP contribution is -1.96. The highest BCUT2D eigenvalue weighted by atomic mass is 32.2. The largest absolute Gasteiger partial charge is 0.481 e. The third kappa shape index (κ3) is 17.1. The van der Waals surface area contributed by atoms with Crippen LogP contribution in [0.15, 0.2) is 8.68 Å². The van der Waals surface area contributed by atoms with Crippen LogP contribution in [0.3, 0.4) is 0 Å². The van der Waals surface area contributed by atoms with Crippen LogP contribution in [0.25, 0.3) is 0 Å². The second-order valence-electron chi connectivity index (χ2n) is 7.67. The van der Waals surface area contributed by atoms with Crippen molar-refractivity contribution in [3.8, 4) is 0 Å². The number of rotatable bonds is 21. The van der Waals surface area contributed by atoms with Crippen molar-refractivity contribution in [3.05, 3.63) is 0 Å². The van der Waals surface area contributed by atoms with Crippen molar-refractivity contribution in [1.82, 2.24) is 10.2 Å². The van der Waals surface area contributed by atoms with Crippen molar-refractivity contribution in [2.24, 2.45) is 0 Å². The quantitative estimate of drug-likeness (QED) is 0.148. The van der Waals surface area contributed by atoms with Crippen LogP contribution in [0.2, 0.25) is 0 Å². The molecule has 0 aliphatic heterocycles. The number of nitrogens with zero attached hydrogens (tertiary/aromatic N) is 2. The Balaban J connectivity index is 1.79. The zero-order chi connectivity index (χ0) is 21.0. The number of thioether (sulfide) groups is 2. The minimum absolute atomic E-state index is 0.0540. The second-order valence-corrected chi connectivity index (χ2v) is 11.2. The van der Waals surface area contributed by atoms with Crippen LogP contribution < -0.4 is 0 Å². The summed E-state index contributed by atoms with van der Waals surface area (Å²) >= 11 is 4.50. The first-order valence-corrected chi connectivity index (χ1v) is 14.3. The average molecular weight is 461 g/mol. The van der Waals surface area contributed by atoms with E-state index in [0.717, 1.165) is 14.4 Å². The number of unbranched alkanes of at least 4 members (excludes halogenated alkanes) is 15. The summed E-state index contributed by atoms with van der Waals surface area (Å²) in [6.45, 7) is 2.28. The van der Waals surface area contributed by atoms with Gasteiger partial charge in [0.15, 0.2) is 8.68 Å². The van der Waals surface area contributed by atoms with Gasteiger partial charge in [-0.05, 0) is 6.42 Å². The number of aliphatic carboxylic acids is 1.